The first-order valence-electron chi connectivity index (χ1n) is 15.7. The molecule has 4 amide bonds. The van der Waals surface area contributed by atoms with E-state index in [1.807, 2.05) is 72.8 Å². The van der Waals surface area contributed by atoms with Crippen LogP contribution in [-0.4, -0.2) is 95.4 Å². The quantitative estimate of drug-likeness (QED) is 0.259. The molecule has 2 saturated heterocycles. The fraction of sp³-hybridized carbons (Fsp3) is 0.306. The first-order chi connectivity index (χ1) is 22.9. The van der Waals surface area contributed by atoms with Crippen LogP contribution >= 0.6 is 0 Å². The first-order valence-corrected chi connectivity index (χ1v) is 15.7. The van der Waals surface area contributed by atoms with Crippen LogP contribution in [0.2, 0.25) is 0 Å². The van der Waals surface area contributed by atoms with Gasteiger partial charge >= 0.3 is 6.03 Å². The summed E-state index contributed by atoms with van der Waals surface area (Å²) in [7, 11) is 3.25. The standard InChI is InChI=1S/C36H39N5O6/c1-38(36(45)37-21-26-12-14-29(46-2)15-13-26)40-24-34(43)41-32(20-25-10-16-30(17-11-25)47-19-18-42)35(44)39(23-33(40)41)22-28-8-5-7-27-6-3-4-9-31(27)28/h3-17,32-33,42H,18-24H2,1-2H3,(H,37,45)/t32-,33+/m0/s1. The summed E-state index contributed by atoms with van der Waals surface area (Å²) in [5.74, 6) is 0.986. The van der Waals surface area contributed by atoms with Crippen molar-refractivity contribution in [3.8, 4) is 11.5 Å². The molecule has 0 saturated carbocycles. The summed E-state index contributed by atoms with van der Waals surface area (Å²) < 4.78 is 10.7. The second-order valence-electron chi connectivity index (χ2n) is 11.7. The van der Waals surface area contributed by atoms with Gasteiger partial charge in [-0.15, -0.1) is 0 Å². The molecule has 2 fully saturated rings. The number of benzene rings is 4. The topological polar surface area (TPSA) is 115 Å². The van der Waals surface area contributed by atoms with Crippen molar-refractivity contribution in [2.75, 3.05) is 40.5 Å². The lowest BCUT2D eigenvalue weighted by Crippen LogP contribution is -2.65. The van der Waals surface area contributed by atoms with E-state index >= 15 is 0 Å². The van der Waals surface area contributed by atoms with Gasteiger partial charge in [0, 0.05) is 26.6 Å². The fourth-order valence-corrected chi connectivity index (χ4v) is 6.35. The Kier molecular flexibility index (Phi) is 9.55. The summed E-state index contributed by atoms with van der Waals surface area (Å²) in [6.45, 7) is 0.976. The number of ether oxygens (including phenoxy) is 2. The second kappa shape index (κ2) is 14.1. The molecule has 0 unspecified atom stereocenters. The van der Waals surface area contributed by atoms with Crippen LogP contribution < -0.4 is 14.8 Å². The van der Waals surface area contributed by atoms with Crippen molar-refractivity contribution in [3.05, 3.63) is 108 Å². The molecular formula is C36H39N5O6. The first kappa shape index (κ1) is 31.8. The van der Waals surface area contributed by atoms with E-state index < -0.39 is 12.2 Å². The third-order valence-corrected chi connectivity index (χ3v) is 8.80. The number of amides is 4. The number of fused-ring (bicyclic) bond motifs is 2. The lowest BCUT2D eigenvalue weighted by atomic mass is 9.99. The van der Waals surface area contributed by atoms with Crippen LogP contribution in [0.1, 0.15) is 16.7 Å². The van der Waals surface area contributed by atoms with Crippen molar-refractivity contribution in [2.24, 2.45) is 0 Å². The van der Waals surface area contributed by atoms with Gasteiger partial charge in [-0.3, -0.25) is 14.6 Å². The number of hydrogen-bond donors (Lipinski definition) is 2. The Labute approximate surface area is 273 Å². The van der Waals surface area contributed by atoms with Crippen LogP contribution in [-0.2, 0) is 29.1 Å². The van der Waals surface area contributed by atoms with Gasteiger partial charge in [0.2, 0.25) is 11.8 Å². The summed E-state index contributed by atoms with van der Waals surface area (Å²) in [5, 5.41) is 17.4. The number of hydrazine groups is 1. The summed E-state index contributed by atoms with van der Waals surface area (Å²) in [6, 6.07) is 27.8. The summed E-state index contributed by atoms with van der Waals surface area (Å²) in [4.78, 5) is 44.7. The smallest absolute Gasteiger partial charge is 0.332 e. The number of carbonyl (C=O) groups is 3. The molecule has 244 valence electrons. The van der Waals surface area contributed by atoms with Gasteiger partial charge in [-0.2, -0.15) is 5.01 Å². The molecule has 47 heavy (non-hydrogen) atoms. The molecule has 2 aliphatic heterocycles. The zero-order chi connectivity index (χ0) is 32.9. The fourth-order valence-electron chi connectivity index (χ4n) is 6.35. The number of urea groups is 1. The van der Waals surface area contributed by atoms with E-state index in [0.29, 0.717) is 25.3 Å². The van der Waals surface area contributed by atoms with Gasteiger partial charge in [0.1, 0.15) is 30.3 Å². The zero-order valence-corrected chi connectivity index (χ0v) is 26.5. The summed E-state index contributed by atoms with van der Waals surface area (Å²) >= 11 is 0. The van der Waals surface area contributed by atoms with Crippen molar-refractivity contribution in [3.63, 3.8) is 0 Å². The number of nitrogens with one attached hydrogen (secondary N) is 1. The summed E-state index contributed by atoms with van der Waals surface area (Å²) in [5.41, 5.74) is 2.78. The SMILES string of the molecule is COc1ccc(CNC(=O)N(C)N2CC(=O)N3[C@@H](Cc4ccc(OCCO)cc4)C(=O)N(Cc4cccc5ccccc45)C[C@@H]32)cc1. The highest BCUT2D eigenvalue weighted by Gasteiger charge is 2.51. The van der Waals surface area contributed by atoms with Gasteiger partial charge in [0.25, 0.3) is 0 Å². The van der Waals surface area contributed by atoms with Gasteiger partial charge in [-0.25, -0.2) is 4.79 Å². The van der Waals surface area contributed by atoms with Gasteiger partial charge < -0.3 is 29.7 Å². The maximum atomic E-state index is 14.2. The lowest BCUT2D eigenvalue weighted by molar-refractivity contribution is -0.157. The predicted molar refractivity (Wildman–Crippen MR) is 176 cm³/mol. The Morgan fingerprint density at radius 3 is 2.38 bits per heavy atom. The highest BCUT2D eigenvalue weighted by molar-refractivity contribution is 5.92. The number of aliphatic hydroxyl groups excluding tert-OH is 1. The second-order valence-corrected chi connectivity index (χ2v) is 11.7. The van der Waals surface area contributed by atoms with Crippen LogP contribution in [0.3, 0.4) is 0 Å². The normalized spacial score (nSPS) is 17.9. The van der Waals surface area contributed by atoms with Crippen molar-refractivity contribution < 1.29 is 29.0 Å². The molecule has 4 aromatic rings. The largest absolute Gasteiger partial charge is 0.497 e. The number of methoxy groups -OCH3 is 1. The van der Waals surface area contributed by atoms with Crippen molar-refractivity contribution in [1.29, 1.82) is 0 Å². The molecule has 4 aromatic carbocycles. The molecule has 2 atom stereocenters. The minimum Gasteiger partial charge on any atom is -0.497 e. The van der Waals surface area contributed by atoms with E-state index in [1.165, 1.54) is 5.01 Å². The average molecular weight is 638 g/mol. The number of nitrogens with zero attached hydrogens (tertiary/aromatic N) is 4. The van der Waals surface area contributed by atoms with E-state index in [0.717, 1.165) is 33.2 Å². The molecular weight excluding hydrogens is 598 g/mol. The molecule has 6 rings (SSSR count). The van der Waals surface area contributed by atoms with Crippen molar-refractivity contribution >= 4 is 28.6 Å². The molecule has 11 nitrogen and oxygen atoms in total. The van der Waals surface area contributed by atoms with E-state index in [1.54, 1.807) is 41.1 Å². The minimum atomic E-state index is -0.763. The molecule has 2 N–H and O–H groups in total. The van der Waals surface area contributed by atoms with Gasteiger partial charge in [0.05, 0.1) is 26.8 Å². The molecule has 0 spiro atoms. The van der Waals surface area contributed by atoms with Crippen LogP contribution in [0, 0.1) is 0 Å². The summed E-state index contributed by atoms with van der Waals surface area (Å²) in [6.07, 6.45) is -0.238. The molecule has 2 heterocycles. The van der Waals surface area contributed by atoms with Crippen LogP contribution in [0.4, 0.5) is 4.79 Å². The maximum Gasteiger partial charge on any atom is 0.332 e. The Balaban J connectivity index is 1.25. The third kappa shape index (κ3) is 6.86. The third-order valence-electron chi connectivity index (χ3n) is 8.80. The highest BCUT2D eigenvalue weighted by atomic mass is 16.5. The Bertz CT molecular complexity index is 1730. The van der Waals surface area contributed by atoms with Crippen LogP contribution in [0.15, 0.2) is 91.0 Å². The number of rotatable bonds is 11. The van der Waals surface area contributed by atoms with E-state index in [2.05, 4.69) is 11.4 Å². The van der Waals surface area contributed by atoms with Gasteiger partial charge in [-0.1, -0.05) is 66.7 Å². The molecule has 0 radical (unpaired) electrons. The lowest BCUT2D eigenvalue weighted by Gasteiger charge is -2.46. The Hall–Kier alpha value is -5.13. The minimum absolute atomic E-state index is 0.0308. The Morgan fingerprint density at radius 1 is 0.936 bits per heavy atom. The number of aliphatic hydroxyl groups is 1. The van der Waals surface area contributed by atoms with Crippen molar-refractivity contribution in [1.82, 2.24) is 25.1 Å². The molecule has 2 aliphatic rings. The molecule has 0 bridgehead atoms. The highest BCUT2D eigenvalue weighted by Crippen LogP contribution is 2.31. The van der Waals surface area contributed by atoms with Gasteiger partial charge in [-0.05, 0) is 51.7 Å². The van der Waals surface area contributed by atoms with Crippen LogP contribution in [0.5, 0.6) is 11.5 Å². The number of carbonyl (C=O) groups excluding carboxylic acids is 3. The average Bonchev–Trinajstić information content (AvgIpc) is 3.43. The Morgan fingerprint density at radius 2 is 1.64 bits per heavy atom. The van der Waals surface area contributed by atoms with E-state index in [-0.39, 0.29) is 44.1 Å². The van der Waals surface area contributed by atoms with E-state index in [9.17, 15) is 14.4 Å². The zero-order valence-electron chi connectivity index (χ0n) is 26.5. The molecule has 11 heteroatoms. The predicted octanol–water partition coefficient (Wildman–Crippen LogP) is 3.40. The number of piperazine rings is 1. The van der Waals surface area contributed by atoms with Crippen molar-refractivity contribution in [2.45, 2.75) is 31.7 Å². The van der Waals surface area contributed by atoms with Crippen LogP contribution in [0.25, 0.3) is 10.8 Å². The molecule has 0 aliphatic carbocycles. The monoisotopic (exact) mass is 637 g/mol. The number of hydrogen-bond acceptors (Lipinski definition) is 7. The van der Waals surface area contributed by atoms with E-state index in [4.69, 9.17) is 14.6 Å². The maximum absolute atomic E-state index is 14.2. The van der Waals surface area contributed by atoms with Gasteiger partial charge in [0.15, 0.2) is 0 Å². The molecule has 0 aromatic heterocycles.